The van der Waals surface area contributed by atoms with E-state index in [9.17, 15) is 9.18 Å². The number of aryl methyl sites for hydroxylation is 1. The molecule has 1 aromatic heterocycles. The summed E-state index contributed by atoms with van der Waals surface area (Å²) in [6.45, 7) is 9.35. The Morgan fingerprint density at radius 1 is 1.13 bits per heavy atom. The normalized spacial score (nSPS) is 10.8. The summed E-state index contributed by atoms with van der Waals surface area (Å²) in [6.07, 6.45) is 1.85. The van der Waals surface area contributed by atoms with E-state index in [1.54, 1.807) is 16.8 Å². The Kier molecular flexibility index (Phi) is 5.53. The minimum Gasteiger partial charge on any atom is -0.339 e. The molecule has 0 atom stereocenters. The van der Waals surface area contributed by atoms with Crippen LogP contribution < -0.4 is 0 Å². The lowest BCUT2D eigenvalue weighted by Crippen LogP contribution is -2.33. The first-order valence-corrected chi connectivity index (χ1v) is 8.11. The Labute approximate surface area is 136 Å². The van der Waals surface area contributed by atoms with Crippen LogP contribution in [0.5, 0.6) is 0 Å². The van der Waals surface area contributed by atoms with Crippen LogP contribution in [-0.2, 0) is 0 Å². The predicted molar refractivity (Wildman–Crippen MR) is 89.5 cm³/mol. The summed E-state index contributed by atoms with van der Waals surface area (Å²) in [5, 5.41) is 4.48. The van der Waals surface area contributed by atoms with Crippen molar-refractivity contribution in [3.05, 3.63) is 47.0 Å². The summed E-state index contributed by atoms with van der Waals surface area (Å²) in [7, 11) is 0. The highest BCUT2D eigenvalue weighted by atomic mass is 19.1. The Hall–Kier alpha value is -2.17. The first kappa shape index (κ1) is 17.2. The van der Waals surface area contributed by atoms with Crippen LogP contribution in [-0.4, -0.2) is 33.7 Å². The molecule has 0 radical (unpaired) electrons. The molecule has 1 aromatic carbocycles. The molecular formula is C18H24FN3O. The number of carbonyl (C=O) groups is 1. The van der Waals surface area contributed by atoms with Gasteiger partial charge in [0.05, 0.1) is 22.6 Å². The molecule has 0 aliphatic heterocycles. The number of carbonyl (C=O) groups excluding carboxylic acids is 1. The third kappa shape index (κ3) is 3.60. The van der Waals surface area contributed by atoms with E-state index in [1.807, 2.05) is 18.7 Å². The predicted octanol–water partition coefficient (Wildman–Crippen LogP) is 3.89. The zero-order chi connectivity index (χ0) is 17.0. The molecule has 4 nitrogen and oxygen atoms in total. The van der Waals surface area contributed by atoms with Gasteiger partial charge in [0.25, 0.3) is 5.91 Å². The lowest BCUT2D eigenvalue weighted by atomic mass is 10.1. The SMILES string of the molecule is CCCN(CCC)C(=O)c1c(C)nn(-c2ccc(F)cc2)c1C. The van der Waals surface area contributed by atoms with Crippen LogP contribution in [0, 0.1) is 19.7 Å². The van der Waals surface area contributed by atoms with Crippen molar-refractivity contribution < 1.29 is 9.18 Å². The van der Waals surface area contributed by atoms with Crippen LogP contribution in [0.2, 0.25) is 0 Å². The van der Waals surface area contributed by atoms with E-state index in [1.165, 1.54) is 12.1 Å². The largest absolute Gasteiger partial charge is 0.339 e. The van der Waals surface area contributed by atoms with Gasteiger partial charge in [-0.25, -0.2) is 9.07 Å². The van der Waals surface area contributed by atoms with Crippen LogP contribution in [0.1, 0.15) is 48.4 Å². The summed E-state index contributed by atoms with van der Waals surface area (Å²) in [6, 6.07) is 6.12. The Bertz CT molecular complexity index is 670. The van der Waals surface area contributed by atoms with Gasteiger partial charge in [0.15, 0.2) is 0 Å². The highest BCUT2D eigenvalue weighted by Gasteiger charge is 2.23. The quantitative estimate of drug-likeness (QED) is 0.810. The lowest BCUT2D eigenvalue weighted by Gasteiger charge is -2.21. The van der Waals surface area contributed by atoms with Crippen molar-refractivity contribution in [1.29, 1.82) is 0 Å². The number of nitrogens with zero attached hydrogens (tertiary/aromatic N) is 3. The van der Waals surface area contributed by atoms with Crippen LogP contribution >= 0.6 is 0 Å². The average molecular weight is 317 g/mol. The lowest BCUT2D eigenvalue weighted by molar-refractivity contribution is 0.0754. The van der Waals surface area contributed by atoms with Gasteiger partial charge in [-0.3, -0.25) is 4.79 Å². The van der Waals surface area contributed by atoms with E-state index in [0.717, 1.165) is 37.3 Å². The van der Waals surface area contributed by atoms with E-state index in [0.29, 0.717) is 11.3 Å². The molecule has 0 bridgehead atoms. The molecule has 0 aliphatic carbocycles. The molecule has 23 heavy (non-hydrogen) atoms. The van der Waals surface area contributed by atoms with Crippen molar-refractivity contribution in [3.8, 4) is 5.69 Å². The first-order chi connectivity index (χ1) is 11.0. The zero-order valence-electron chi connectivity index (χ0n) is 14.3. The van der Waals surface area contributed by atoms with Crippen molar-refractivity contribution in [3.63, 3.8) is 0 Å². The van der Waals surface area contributed by atoms with Gasteiger partial charge in [-0.1, -0.05) is 13.8 Å². The number of halogens is 1. The van der Waals surface area contributed by atoms with Gasteiger partial charge < -0.3 is 4.90 Å². The standard InChI is InChI=1S/C18H24FN3O/c1-5-11-21(12-6-2)18(23)17-13(3)20-22(14(17)4)16-9-7-15(19)8-10-16/h7-10H,5-6,11-12H2,1-4H3. The van der Waals surface area contributed by atoms with Crippen LogP contribution in [0.4, 0.5) is 4.39 Å². The Balaban J connectivity index is 2.40. The topological polar surface area (TPSA) is 38.1 Å². The van der Waals surface area contributed by atoms with E-state index >= 15 is 0 Å². The van der Waals surface area contributed by atoms with E-state index in [2.05, 4.69) is 18.9 Å². The third-order valence-electron chi connectivity index (χ3n) is 3.85. The molecular weight excluding hydrogens is 293 g/mol. The number of amides is 1. The number of rotatable bonds is 6. The number of aromatic nitrogens is 2. The Morgan fingerprint density at radius 2 is 1.70 bits per heavy atom. The average Bonchev–Trinajstić information content (AvgIpc) is 2.82. The van der Waals surface area contributed by atoms with E-state index < -0.39 is 0 Å². The molecule has 0 aliphatic rings. The minimum absolute atomic E-state index is 0.0251. The maximum Gasteiger partial charge on any atom is 0.257 e. The molecule has 2 aromatic rings. The molecule has 0 fully saturated rings. The molecule has 0 saturated heterocycles. The molecule has 0 unspecified atom stereocenters. The third-order valence-corrected chi connectivity index (χ3v) is 3.85. The summed E-state index contributed by atoms with van der Waals surface area (Å²) in [5.41, 5.74) is 2.89. The summed E-state index contributed by atoms with van der Waals surface area (Å²) < 4.78 is 14.8. The van der Waals surface area contributed by atoms with Crippen molar-refractivity contribution in [1.82, 2.24) is 14.7 Å². The summed E-state index contributed by atoms with van der Waals surface area (Å²) in [4.78, 5) is 14.8. The van der Waals surface area contributed by atoms with E-state index in [4.69, 9.17) is 0 Å². The highest BCUT2D eigenvalue weighted by molar-refractivity contribution is 5.96. The maximum atomic E-state index is 13.1. The molecule has 0 saturated carbocycles. The van der Waals surface area contributed by atoms with Gasteiger partial charge in [-0.05, 0) is 51.0 Å². The second kappa shape index (κ2) is 7.40. The maximum absolute atomic E-state index is 13.1. The Morgan fingerprint density at radius 3 is 2.22 bits per heavy atom. The van der Waals surface area contributed by atoms with Gasteiger partial charge in [0.1, 0.15) is 5.82 Å². The molecule has 1 amide bonds. The van der Waals surface area contributed by atoms with Gasteiger partial charge in [0, 0.05) is 13.1 Å². The summed E-state index contributed by atoms with van der Waals surface area (Å²) in [5.74, 6) is -0.263. The smallest absolute Gasteiger partial charge is 0.257 e. The van der Waals surface area contributed by atoms with Crippen LogP contribution in [0.25, 0.3) is 5.69 Å². The van der Waals surface area contributed by atoms with Gasteiger partial charge >= 0.3 is 0 Å². The fourth-order valence-corrected chi connectivity index (χ4v) is 2.80. The molecule has 0 spiro atoms. The van der Waals surface area contributed by atoms with Gasteiger partial charge in [0.2, 0.25) is 0 Å². The fraction of sp³-hybridized carbons (Fsp3) is 0.444. The monoisotopic (exact) mass is 317 g/mol. The molecule has 0 N–H and O–H groups in total. The zero-order valence-corrected chi connectivity index (χ0v) is 14.3. The van der Waals surface area contributed by atoms with Crippen LogP contribution in [0.15, 0.2) is 24.3 Å². The summed E-state index contributed by atoms with van der Waals surface area (Å²) >= 11 is 0. The first-order valence-electron chi connectivity index (χ1n) is 8.11. The molecule has 2 rings (SSSR count). The number of hydrogen-bond acceptors (Lipinski definition) is 2. The minimum atomic E-state index is -0.288. The number of hydrogen-bond donors (Lipinski definition) is 0. The van der Waals surface area contributed by atoms with Crippen molar-refractivity contribution in [2.24, 2.45) is 0 Å². The highest BCUT2D eigenvalue weighted by Crippen LogP contribution is 2.20. The van der Waals surface area contributed by atoms with Gasteiger partial charge in [-0.2, -0.15) is 5.10 Å². The second-order valence-corrected chi connectivity index (χ2v) is 5.73. The van der Waals surface area contributed by atoms with Crippen LogP contribution in [0.3, 0.4) is 0 Å². The second-order valence-electron chi connectivity index (χ2n) is 5.73. The van der Waals surface area contributed by atoms with Crippen molar-refractivity contribution in [2.75, 3.05) is 13.1 Å². The fourth-order valence-electron chi connectivity index (χ4n) is 2.80. The van der Waals surface area contributed by atoms with E-state index in [-0.39, 0.29) is 11.7 Å². The number of benzene rings is 1. The molecule has 1 heterocycles. The van der Waals surface area contributed by atoms with Crippen molar-refractivity contribution >= 4 is 5.91 Å². The molecule has 124 valence electrons. The molecule has 5 heteroatoms. The van der Waals surface area contributed by atoms with Crippen molar-refractivity contribution in [2.45, 2.75) is 40.5 Å². The van der Waals surface area contributed by atoms with Gasteiger partial charge in [-0.15, -0.1) is 0 Å².